The number of rotatable bonds is 4. The first kappa shape index (κ1) is 18.0. The molecule has 0 fully saturated rings. The molecule has 0 bridgehead atoms. The van der Waals surface area contributed by atoms with Crippen LogP contribution in [0.5, 0.6) is 0 Å². The largest absolute Gasteiger partial charge is 0.398 e. The standard InChI is InChI=1S/C19H25N3O2/c1-18(2,23)14-8-7-12(9-15(14)20)5-6-13-10-16(21)17(22-11-13)19(3,4)24/h5-11,23-24H,20-21H2,1-4H3/b6-5+. The van der Waals surface area contributed by atoms with Crippen LogP contribution in [0.3, 0.4) is 0 Å². The fourth-order valence-corrected chi connectivity index (χ4v) is 2.54. The maximum atomic E-state index is 10.1. The Kier molecular flexibility index (Phi) is 4.69. The Balaban J connectivity index is 2.26. The van der Waals surface area contributed by atoms with Crippen LogP contribution in [0.15, 0.2) is 30.5 Å². The molecule has 2 rings (SSSR count). The van der Waals surface area contributed by atoms with Crippen molar-refractivity contribution in [3.63, 3.8) is 0 Å². The molecular formula is C19H25N3O2. The van der Waals surface area contributed by atoms with Gasteiger partial charge in [0.05, 0.1) is 17.0 Å². The average molecular weight is 327 g/mol. The Bertz CT molecular complexity index is 704. The minimum atomic E-state index is -1.08. The lowest BCUT2D eigenvalue weighted by Gasteiger charge is -2.20. The number of benzene rings is 1. The molecule has 128 valence electrons. The van der Waals surface area contributed by atoms with Crippen LogP contribution in [0.4, 0.5) is 11.4 Å². The van der Waals surface area contributed by atoms with Gasteiger partial charge in [0, 0.05) is 17.4 Å². The van der Waals surface area contributed by atoms with Crippen LogP contribution in [0.1, 0.15) is 50.1 Å². The molecule has 24 heavy (non-hydrogen) atoms. The molecule has 1 aromatic heterocycles. The summed E-state index contributed by atoms with van der Waals surface area (Å²) in [5.41, 5.74) is 13.8. The number of hydrogen-bond acceptors (Lipinski definition) is 5. The molecule has 0 radical (unpaired) electrons. The van der Waals surface area contributed by atoms with Gasteiger partial charge >= 0.3 is 0 Å². The second-order valence-corrected chi connectivity index (χ2v) is 7.00. The number of pyridine rings is 1. The third-order valence-corrected chi connectivity index (χ3v) is 3.72. The molecule has 0 amide bonds. The van der Waals surface area contributed by atoms with E-state index in [0.29, 0.717) is 22.6 Å². The molecule has 0 spiro atoms. The highest BCUT2D eigenvalue weighted by Gasteiger charge is 2.21. The zero-order valence-electron chi connectivity index (χ0n) is 14.5. The van der Waals surface area contributed by atoms with Crippen molar-refractivity contribution >= 4 is 23.5 Å². The highest BCUT2D eigenvalue weighted by Crippen LogP contribution is 2.27. The Labute approximate surface area is 142 Å². The van der Waals surface area contributed by atoms with E-state index in [1.165, 1.54) is 0 Å². The number of aliphatic hydroxyl groups is 2. The van der Waals surface area contributed by atoms with Gasteiger partial charge in [-0.15, -0.1) is 0 Å². The van der Waals surface area contributed by atoms with Crippen molar-refractivity contribution in [1.29, 1.82) is 0 Å². The summed E-state index contributed by atoms with van der Waals surface area (Å²) in [6.45, 7) is 6.70. The number of aromatic nitrogens is 1. The van der Waals surface area contributed by atoms with E-state index in [9.17, 15) is 10.2 Å². The molecule has 5 nitrogen and oxygen atoms in total. The summed E-state index contributed by atoms with van der Waals surface area (Å²) in [5, 5.41) is 20.0. The van der Waals surface area contributed by atoms with Crippen molar-refractivity contribution in [3.05, 3.63) is 52.8 Å². The first-order valence-electron chi connectivity index (χ1n) is 7.77. The lowest BCUT2D eigenvalue weighted by molar-refractivity contribution is 0.0746. The maximum Gasteiger partial charge on any atom is 0.103 e. The zero-order chi connectivity index (χ0) is 18.1. The van der Waals surface area contributed by atoms with E-state index in [1.807, 2.05) is 30.4 Å². The first-order valence-corrected chi connectivity index (χ1v) is 7.77. The van der Waals surface area contributed by atoms with Gasteiger partial charge in [-0.1, -0.05) is 24.3 Å². The summed E-state index contributed by atoms with van der Waals surface area (Å²) in [4.78, 5) is 4.24. The minimum Gasteiger partial charge on any atom is -0.398 e. The van der Waals surface area contributed by atoms with E-state index in [1.54, 1.807) is 40.0 Å². The summed E-state index contributed by atoms with van der Waals surface area (Å²) in [6, 6.07) is 7.29. The van der Waals surface area contributed by atoms with Gasteiger partial charge in [0.1, 0.15) is 5.60 Å². The van der Waals surface area contributed by atoms with Crippen molar-refractivity contribution in [2.75, 3.05) is 11.5 Å². The summed E-state index contributed by atoms with van der Waals surface area (Å²) in [7, 11) is 0. The van der Waals surface area contributed by atoms with Crippen molar-refractivity contribution in [1.82, 2.24) is 4.98 Å². The molecule has 1 heterocycles. The topological polar surface area (TPSA) is 105 Å². The van der Waals surface area contributed by atoms with Crippen LogP contribution in [-0.2, 0) is 11.2 Å². The van der Waals surface area contributed by atoms with Crippen molar-refractivity contribution in [3.8, 4) is 0 Å². The summed E-state index contributed by atoms with van der Waals surface area (Å²) < 4.78 is 0. The van der Waals surface area contributed by atoms with Gasteiger partial charge in [-0.3, -0.25) is 4.98 Å². The predicted molar refractivity (Wildman–Crippen MR) is 98.9 cm³/mol. The molecule has 2 aromatic rings. The fourth-order valence-electron chi connectivity index (χ4n) is 2.54. The maximum absolute atomic E-state index is 10.1. The predicted octanol–water partition coefficient (Wildman–Crippen LogP) is 2.87. The Morgan fingerprint density at radius 2 is 1.46 bits per heavy atom. The van der Waals surface area contributed by atoms with Gasteiger partial charge in [0.25, 0.3) is 0 Å². The van der Waals surface area contributed by atoms with Crippen LogP contribution in [0, 0.1) is 0 Å². The smallest absolute Gasteiger partial charge is 0.103 e. The highest BCUT2D eigenvalue weighted by atomic mass is 16.3. The first-order chi connectivity index (χ1) is 11.0. The summed E-state index contributed by atoms with van der Waals surface area (Å²) >= 11 is 0. The molecule has 5 heteroatoms. The second-order valence-electron chi connectivity index (χ2n) is 7.00. The Morgan fingerprint density at radius 1 is 0.875 bits per heavy atom. The van der Waals surface area contributed by atoms with E-state index < -0.39 is 11.2 Å². The molecule has 0 unspecified atom stereocenters. The Morgan fingerprint density at radius 3 is 1.96 bits per heavy atom. The van der Waals surface area contributed by atoms with Crippen LogP contribution in [-0.4, -0.2) is 15.2 Å². The lowest BCUT2D eigenvalue weighted by atomic mass is 9.95. The minimum absolute atomic E-state index is 0.446. The normalized spacial score (nSPS) is 12.8. The van der Waals surface area contributed by atoms with E-state index in [-0.39, 0.29) is 0 Å². The van der Waals surface area contributed by atoms with Gasteiger partial charge in [-0.2, -0.15) is 0 Å². The second kappa shape index (κ2) is 6.26. The number of nitrogen functional groups attached to an aromatic ring is 2. The van der Waals surface area contributed by atoms with Crippen molar-refractivity contribution in [2.24, 2.45) is 0 Å². The SMILES string of the molecule is CC(C)(O)c1ccc(/C=C/c2cnc(C(C)(C)O)c(N)c2)cc1N. The van der Waals surface area contributed by atoms with Gasteiger partial charge in [0.2, 0.25) is 0 Å². The molecule has 0 aliphatic heterocycles. The third kappa shape index (κ3) is 4.13. The summed E-state index contributed by atoms with van der Waals surface area (Å²) in [5.74, 6) is 0. The van der Waals surface area contributed by atoms with E-state index in [0.717, 1.165) is 11.1 Å². The van der Waals surface area contributed by atoms with Gasteiger partial charge in [-0.25, -0.2) is 0 Å². The molecular weight excluding hydrogens is 302 g/mol. The molecule has 6 N–H and O–H groups in total. The van der Waals surface area contributed by atoms with Crippen LogP contribution < -0.4 is 11.5 Å². The van der Waals surface area contributed by atoms with Crippen LogP contribution in [0.25, 0.3) is 12.2 Å². The van der Waals surface area contributed by atoms with Gasteiger partial charge < -0.3 is 21.7 Å². The van der Waals surface area contributed by atoms with E-state index in [4.69, 9.17) is 11.5 Å². The quantitative estimate of drug-likeness (QED) is 0.646. The van der Waals surface area contributed by atoms with Gasteiger partial charge in [0.15, 0.2) is 0 Å². The molecule has 1 aromatic carbocycles. The molecule has 0 aliphatic carbocycles. The monoisotopic (exact) mass is 327 g/mol. The number of nitrogens with two attached hydrogens (primary N) is 2. The zero-order valence-corrected chi connectivity index (χ0v) is 14.5. The molecule has 0 atom stereocenters. The number of anilines is 2. The third-order valence-electron chi connectivity index (χ3n) is 3.72. The van der Waals surface area contributed by atoms with Crippen LogP contribution in [0.2, 0.25) is 0 Å². The molecule has 0 saturated heterocycles. The molecule has 0 aliphatic rings. The van der Waals surface area contributed by atoms with Gasteiger partial charge in [-0.05, 0) is 51.0 Å². The Hall–Kier alpha value is -2.37. The summed E-state index contributed by atoms with van der Waals surface area (Å²) in [6.07, 6.45) is 5.43. The highest BCUT2D eigenvalue weighted by molar-refractivity contribution is 5.73. The fraction of sp³-hybridized carbons (Fsp3) is 0.316. The van der Waals surface area contributed by atoms with Crippen LogP contribution >= 0.6 is 0 Å². The van der Waals surface area contributed by atoms with Crippen molar-refractivity contribution < 1.29 is 10.2 Å². The van der Waals surface area contributed by atoms with Crippen molar-refractivity contribution in [2.45, 2.75) is 38.9 Å². The lowest BCUT2D eigenvalue weighted by Crippen LogP contribution is -2.19. The van der Waals surface area contributed by atoms with E-state index in [2.05, 4.69) is 4.98 Å². The number of nitrogens with zero attached hydrogens (tertiary/aromatic N) is 1. The average Bonchev–Trinajstić information content (AvgIpc) is 2.42. The molecule has 0 saturated carbocycles. The number of hydrogen-bond donors (Lipinski definition) is 4. The van der Waals surface area contributed by atoms with E-state index >= 15 is 0 Å².